The minimum Gasteiger partial charge on any atom is -0.371 e. The number of fused-ring (bicyclic) bond motifs is 1. The van der Waals surface area contributed by atoms with Crippen LogP contribution in [-0.2, 0) is 4.74 Å². The van der Waals surface area contributed by atoms with Crippen LogP contribution in [0, 0.1) is 5.92 Å². The molecule has 2 rings (SSSR count). The van der Waals surface area contributed by atoms with Crippen LogP contribution < -0.4 is 0 Å². The summed E-state index contributed by atoms with van der Waals surface area (Å²) < 4.78 is 6.33. The standard InChI is InChI=1S/C19H34O/c1-2-3-10-14-18-16-17-13-11-8-6-4-5-7-9-12-15-19(17)20-18/h10,14,17-19H,2-9,11-13,15-16H2,1H3/b14-10+. The predicted octanol–water partition coefficient (Wildman–Crippen LogP) is 6.03. The zero-order chi connectivity index (χ0) is 14.0. The lowest BCUT2D eigenvalue weighted by Crippen LogP contribution is -2.16. The Morgan fingerprint density at radius 1 is 0.900 bits per heavy atom. The first-order chi connectivity index (χ1) is 9.90. The number of hydrogen-bond donors (Lipinski definition) is 0. The third-order valence-corrected chi connectivity index (χ3v) is 5.03. The fourth-order valence-electron chi connectivity index (χ4n) is 3.80. The van der Waals surface area contributed by atoms with E-state index in [0.29, 0.717) is 12.2 Å². The van der Waals surface area contributed by atoms with Crippen LogP contribution in [-0.4, -0.2) is 12.2 Å². The lowest BCUT2D eigenvalue weighted by Gasteiger charge is -2.19. The fraction of sp³-hybridized carbons (Fsp3) is 0.895. The van der Waals surface area contributed by atoms with Crippen LogP contribution >= 0.6 is 0 Å². The minimum atomic E-state index is 0.418. The van der Waals surface area contributed by atoms with Crippen molar-refractivity contribution < 1.29 is 4.74 Å². The second-order valence-corrected chi connectivity index (χ2v) is 6.83. The number of allylic oxidation sites excluding steroid dienone is 1. The fourth-order valence-corrected chi connectivity index (χ4v) is 3.80. The average Bonchev–Trinajstić information content (AvgIpc) is 2.81. The molecule has 2 aliphatic rings. The molecule has 3 atom stereocenters. The lowest BCUT2D eigenvalue weighted by atomic mass is 9.89. The second-order valence-electron chi connectivity index (χ2n) is 6.83. The van der Waals surface area contributed by atoms with E-state index in [4.69, 9.17) is 4.74 Å². The molecule has 0 N–H and O–H groups in total. The maximum atomic E-state index is 6.33. The van der Waals surface area contributed by atoms with Gasteiger partial charge >= 0.3 is 0 Å². The summed E-state index contributed by atoms with van der Waals surface area (Å²) in [5.74, 6) is 0.839. The summed E-state index contributed by atoms with van der Waals surface area (Å²) in [5.41, 5.74) is 0. The molecule has 0 amide bonds. The van der Waals surface area contributed by atoms with Gasteiger partial charge in [-0.25, -0.2) is 0 Å². The molecule has 0 radical (unpaired) electrons. The van der Waals surface area contributed by atoms with Crippen LogP contribution in [0.25, 0.3) is 0 Å². The maximum absolute atomic E-state index is 6.33. The Labute approximate surface area is 126 Å². The summed E-state index contributed by atoms with van der Waals surface area (Å²) in [5, 5.41) is 0. The van der Waals surface area contributed by atoms with Gasteiger partial charge in [0.2, 0.25) is 0 Å². The predicted molar refractivity (Wildman–Crippen MR) is 87.0 cm³/mol. The van der Waals surface area contributed by atoms with E-state index in [1.807, 2.05) is 0 Å². The first-order valence-electron chi connectivity index (χ1n) is 9.22. The highest BCUT2D eigenvalue weighted by atomic mass is 16.5. The Bertz CT molecular complexity index is 251. The van der Waals surface area contributed by atoms with Gasteiger partial charge in [-0.1, -0.05) is 76.9 Å². The summed E-state index contributed by atoms with van der Waals surface area (Å²) >= 11 is 0. The number of ether oxygens (including phenoxy) is 1. The molecule has 1 saturated carbocycles. The van der Waals surface area contributed by atoms with Crippen LogP contribution in [0.3, 0.4) is 0 Å². The van der Waals surface area contributed by atoms with Gasteiger partial charge in [0, 0.05) is 0 Å². The Kier molecular flexibility index (Phi) is 7.72. The smallest absolute Gasteiger partial charge is 0.0763 e. The van der Waals surface area contributed by atoms with Gasteiger partial charge in [-0.15, -0.1) is 0 Å². The molecule has 1 heteroatoms. The molecule has 1 nitrogen and oxygen atoms in total. The third-order valence-electron chi connectivity index (χ3n) is 5.03. The van der Waals surface area contributed by atoms with Crippen molar-refractivity contribution >= 4 is 0 Å². The van der Waals surface area contributed by atoms with E-state index in [0.717, 1.165) is 5.92 Å². The van der Waals surface area contributed by atoms with Crippen molar-refractivity contribution in [3.8, 4) is 0 Å². The highest BCUT2D eigenvalue weighted by Gasteiger charge is 2.32. The van der Waals surface area contributed by atoms with Crippen LogP contribution in [0.4, 0.5) is 0 Å². The molecule has 20 heavy (non-hydrogen) atoms. The van der Waals surface area contributed by atoms with Crippen molar-refractivity contribution in [3.05, 3.63) is 12.2 Å². The normalized spacial score (nSPS) is 33.5. The van der Waals surface area contributed by atoms with Gasteiger partial charge in [0.05, 0.1) is 12.2 Å². The summed E-state index contributed by atoms with van der Waals surface area (Å²) in [6, 6.07) is 0. The molecule has 2 fully saturated rings. The quantitative estimate of drug-likeness (QED) is 0.573. The molecular weight excluding hydrogens is 244 g/mol. The van der Waals surface area contributed by atoms with Crippen molar-refractivity contribution in [3.63, 3.8) is 0 Å². The molecule has 1 saturated heterocycles. The minimum absolute atomic E-state index is 0.418. The second kappa shape index (κ2) is 9.60. The molecule has 3 unspecified atom stereocenters. The van der Waals surface area contributed by atoms with E-state index in [1.54, 1.807) is 0 Å². The zero-order valence-electron chi connectivity index (χ0n) is 13.5. The van der Waals surface area contributed by atoms with Crippen molar-refractivity contribution in [2.45, 2.75) is 103 Å². The zero-order valence-corrected chi connectivity index (χ0v) is 13.5. The van der Waals surface area contributed by atoms with Crippen molar-refractivity contribution in [2.75, 3.05) is 0 Å². The number of unbranched alkanes of at least 4 members (excludes halogenated alkanes) is 1. The summed E-state index contributed by atoms with van der Waals surface area (Å²) in [4.78, 5) is 0. The molecule has 1 aliphatic carbocycles. The molecule has 0 spiro atoms. The first-order valence-corrected chi connectivity index (χ1v) is 9.22. The van der Waals surface area contributed by atoms with E-state index in [9.17, 15) is 0 Å². The van der Waals surface area contributed by atoms with Gasteiger partial charge in [-0.05, 0) is 31.6 Å². The van der Waals surface area contributed by atoms with Gasteiger partial charge < -0.3 is 4.74 Å². The topological polar surface area (TPSA) is 9.23 Å². The number of hydrogen-bond acceptors (Lipinski definition) is 1. The highest BCUT2D eigenvalue weighted by molar-refractivity contribution is 4.96. The summed E-state index contributed by atoms with van der Waals surface area (Å²) in [7, 11) is 0. The van der Waals surface area contributed by atoms with E-state index < -0.39 is 0 Å². The monoisotopic (exact) mass is 278 g/mol. The summed E-state index contributed by atoms with van der Waals surface area (Å²) in [6.45, 7) is 2.24. The maximum Gasteiger partial charge on any atom is 0.0763 e. The molecule has 0 aromatic heterocycles. The van der Waals surface area contributed by atoms with Gasteiger partial charge in [0.15, 0.2) is 0 Å². The Morgan fingerprint density at radius 2 is 1.55 bits per heavy atom. The SMILES string of the molecule is CCC/C=C/C1CC2CCCCCCCCCCC2O1. The van der Waals surface area contributed by atoms with Gasteiger partial charge in [0.1, 0.15) is 0 Å². The van der Waals surface area contributed by atoms with Crippen LogP contribution in [0.5, 0.6) is 0 Å². The Morgan fingerprint density at radius 3 is 2.25 bits per heavy atom. The van der Waals surface area contributed by atoms with Crippen LogP contribution in [0.2, 0.25) is 0 Å². The molecule has 1 heterocycles. The van der Waals surface area contributed by atoms with Crippen molar-refractivity contribution in [1.29, 1.82) is 0 Å². The Balaban J connectivity index is 1.82. The number of rotatable bonds is 3. The van der Waals surface area contributed by atoms with Crippen molar-refractivity contribution in [1.82, 2.24) is 0 Å². The molecule has 0 aromatic carbocycles. The first kappa shape index (κ1) is 16.1. The lowest BCUT2D eigenvalue weighted by molar-refractivity contribution is 0.0475. The van der Waals surface area contributed by atoms with Gasteiger partial charge in [-0.3, -0.25) is 0 Å². The van der Waals surface area contributed by atoms with Crippen LogP contribution in [0.1, 0.15) is 90.4 Å². The largest absolute Gasteiger partial charge is 0.371 e. The molecule has 116 valence electrons. The molecule has 0 aromatic rings. The molecular formula is C19H34O. The van der Waals surface area contributed by atoms with E-state index in [-0.39, 0.29) is 0 Å². The van der Waals surface area contributed by atoms with E-state index >= 15 is 0 Å². The molecule has 0 bridgehead atoms. The highest BCUT2D eigenvalue weighted by Crippen LogP contribution is 2.35. The molecule has 1 aliphatic heterocycles. The summed E-state index contributed by atoms with van der Waals surface area (Å²) in [6.07, 6.45) is 23.6. The Hall–Kier alpha value is -0.300. The van der Waals surface area contributed by atoms with Gasteiger partial charge in [-0.2, -0.15) is 0 Å². The van der Waals surface area contributed by atoms with Crippen LogP contribution in [0.15, 0.2) is 12.2 Å². The van der Waals surface area contributed by atoms with Gasteiger partial charge in [0.25, 0.3) is 0 Å². The third kappa shape index (κ3) is 5.60. The van der Waals surface area contributed by atoms with Crippen molar-refractivity contribution in [2.24, 2.45) is 5.92 Å². The average molecular weight is 278 g/mol. The van der Waals surface area contributed by atoms with E-state index in [2.05, 4.69) is 19.1 Å². The van der Waals surface area contributed by atoms with E-state index in [1.165, 1.54) is 83.5 Å².